The Morgan fingerprint density at radius 1 is 0.350 bits per heavy atom. The Labute approximate surface area is 375 Å². The maximum atomic E-state index is 12.7. The summed E-state index contributed by atoms with van der Waals surface area (Å²) in [5.41, 5.74) is 5.23. The molecule has 0 rings (SSSR count). The van der Waals surface area contributed by atoms with E-state index in [4.69, 9.17) is 9.47 Å². The monoisotopic (exact) mass is 839 g/mol. The molecule has 0 fully saturated rings. The molecule has 0 saturated heterocycles. The number of carbonyl (C=O) groups is 2. The molecule has 0 heterocycles. The molecule has 0 atom stereocenters. The van der Waals surface area contributed by atoms with Crippen molar-refractivity contribution in [2.24, 2.45) is 0 Å². The number of unbranched alkanes of at least 4 members (excludes halogenated alkanes) is 28. The Morgan fingerprint density at radius 3 is 1.08 bits per heavy atom. The highest BCUT2D eigenvalue weighted by Gasteiger charge is 2.07. The Morgan fingerprint density at radius 2 is 0.683 bits per heavy atom. The fourth-order valence-electron chi connectivity index (χ4n) is 7.91. The van der Waals surface area contributed by atoms with Crippen LogP contribution < -0.4 is 0 Å². The first kappa shape index (κ1) is 57.9. The van der Waals surface area contributed by atoms with Crippen LogP contribution >= 0.6 is 0 Å². The van der Waals surface area contributed by atoms with Gasteiger partial charge >= 0.3 is 11.9 Å². The van der Waals surface area contributed by atoms with E-state index in [1.807, 2.05) is 6.08 Å². The second-order valence-corrected chi connectivity index (χ2v) is 18.6. The maximum absolute atomic E-state index is 12.7. The van der Waals surface area contributed by atoms with Crippen molar-refractivity contribution >= 4 is 11.9 Å². The van der Waals surface area contributed by atoms with Crippen LogP contribution in [-0.4, -0.2) is 25.2 Å². The van der Waals surface area contributed by atoms with Crippen LogP contribution in [0, 0.1) is 0 Å². The van der Waals surface area contributed by atoms with Gasteiger partial charge in [-0.1, -0.05) is 229 Å². The molecule has 0 bridgehead atoms. The highest BCUT2D eigenvalue weighted by Crippen LogP contribution is 2.18. The minimum atomic E-state index is -0.0775. The van der Waals surface area contributed by atoms with Crippen LogP contribution in [0.25, 0.3) is 0 Å². The summed E-state index contributed by atoms with van der Waals surface area (Å²) in [5, 5.41) is 0. The van der Waals surface area contributed by atoms with Gasteiger partial charge < -0.3 is 9.47 Å². The SMILES string of the molecule is CCCCCCCCCCCCCCCCCC(=O)OC/C=C(\C)CC/C=C(/CC/C=C(\C)CCC=C(C)C)COC(=O)CCCCCCCCCCCCCCCCC. The van der Waals surface area contributed by atoms with E-state index in [1.54, 1.807) is 0 Å². The molecule has 0 aromatic carbocycles. The minimum Gasteiger partial charge on any atom is -0.461 e. The number of hydrogen-bond acceptors (Lipinski definition) is 4. The molecular weight excluding hydrogens is 737 g/mol. The van der Waals surface area contributed by atoms with Gasteiger partial charge in [0.2, 0.25) is 0 Å². The second-order valence-electron chi connectivity index (χ2n) is 18.6. The topological polar surface area (TPSA) is 52.6 Å². The van der Waals surface area contributed by atoms with Crippen molar-refractivity contribution < 1.29 is 19.1 Å². The van der Waals surface area contributed by atoms with Crippen molar-refractivity contribution in [2.75, 3.05) is 13.2 Å². The summed E-state index contributed by atoms with van der Waals surface area (Å²) >= 11 is 0. The van der Waals surface area contributed by atoms with E-state index in [-0.39, 0.29) is 11.9 Å². The third-order valence-electron chi connectivity index (χ3n) is 12.1. The first-order valence-corrected chi connectivity index (χ1v) is 26.2. The molecule has 0 aliphatic rings. The van der Waals surface area contributed by atoms with Crippen LogP contribution in [0.3, 0.4) is 0 Å². The van der Waals surface area contributed by atoms with Crippen LogP contribution in [0.5, 0.6) is 0 Å². The molecule has 0 aromatic heterocycles. The third-order valence-corrected chi connectivity index (χ3v) is 12.1. The third kappa shape index (κ3) is 45.4. The molecule has 60 heavy (non-hydrogen) atoms. The molecule has 0 aliphatic heterocycles. The summed E-state index contributed by atoms with van der Waals surface area (Å²) in [5.74, 6) is -0.141. The molecule has 0 N–H and O–H groups in total. The van der Waals surface area contributed by atoms with E-state index in [0.717, 1.165) is 64.2 Å². The van der Waals surface area contributed by atoms with Crippen LogP contribution in [0.15, 0.2) is 46.6 Å². The number of carbonyl (C=O) groups excluding carboxylic acids is 2. The lowest BCUT2D eigenvalue weighted by atomic mass is 10.0. The maximum Gasteiger partial charge on any atom is 0.306 e. The van der Waals surface area contributed by atoms with E-state index in [9.17, 15) is 9.59 Å². The average molecular weight is 839 g/mol. The zero-order valence-electron chi connectivity index (χ0n) is 41.2. The normalized spacial score (nSPS) is 12.3. The van der Waals surface area contributed by atoms with Gasteiger partial charge in [-0.15, -0.1) is 0 Å². The predicted molar refractivity (Wildman–Crippen MR) is 264 cm³/mol. The van der Waals surface area contributed by atoms with Gasteiger partial charge in [-0.3, -0.25) is 9.59 Å². The molecule has 0 aliphatic carbocycles. The van der Waals surface area contributed by atoms with E-state index >= 15 is 0 Å². The van der Waals surface area contributed by atoms with Gasteiger partial charge in [0.05, 0.1) is 0 Å². The Hall–Kier alpha value is -2.10. The highest BCUT2D eigenvalue weighted by molar-refractivity contribution is 5.69. The highest BCUT2D eigenvalue weighted by atomic mass is 16.5. The number of allylic oxidation sites excluding steroid dienone is 6. The first-order chi connectivity index (χ1) is 29.3. The zero-order valence-corrected chi connectivity index (χ0v) is 41.2. The van der Waals surface area contributed by atoms with Crippen LogP contribution in [-0.2, 0) is 19.1 Å². The minimum absolute atomic E-state index is 0.0636. The fraction of sp³-hybridized carbons (Fsp3) is 0.821. The Bertz CT molecular complexity index is 1090. The summed E-state index contributed by atoms with van der Waals surface area (Å²) in [7, 11) is 0. The molecule has 0 spiro atoms. The van der Waals surface area contributed by atoms with Crippen molar-refractivity contribution in [1.29, 1.82) is 0 Å². The molecule has 0 aromatic rings. The molecule has 4 nitrogen and oxygen atoms in total. The fourth-order valence-corrected chi connectivity index (χ4v) is 7.91. The molecule has 350 valence electrons. The van der Waals surface area contributed by atoms with Crippen LogP contribution in [0.1, 0.15) is 286 Å². The lowest BCUT2D eigenvalue weighted by Crippen LogP contribution is -2.08. The summed E-state index contributed by atoms with van der Waals surface area (Å²) in [6.45, 7) is 14.0. The molecule has 0 radical (unpaired) electrons. The average Bonchev–Trinajstić information content (AvgIpc) is 3.22. The lowest BCUT2D eigenvalue weighted by molar-refractivity contribution is -0.143. The number of esters is 2. The van der Waals surface area contributed by atoms with E-state index in [2.05, 4.69) is 59.8 Å². The molecular formula is C56H102O4. The molecule has 0 saturated carbocycles. The number of hydrogen-bond donors (Lipinski definition) is 0. The van der Waals surface area contributed by atoms with Gasteiger partial charge in [0.1, 0.15) is 13.2 Å². The van der Waals surface area contributed by atoms with Crippen LogP contribution in [0.4, 0.5) is 0 Å². The van der Waals surface area contributed by atoms with Crippen molar-refractivity contribution in [1.82, 2.24) is 0 Å². The van der Waals surface area contributed by atoms with Gasteiger partial charge in [0.25, 0.3) is 0 Å². The number of ether oxygens (including phenoxy) is 2. The zero-order chi connectivity index (χ0) is 44.0. The largest absolute Gasteiger partial charge is 0.461 e. The van der Waals surface area contributed by atoms with Gasteiger partial charge in [-0.05, 0) is 90.7 Å². The van der Waals surface area contributed by atoms with Crippen molar-refractivity contribution in [3.05, 3.63) is 46.6 Å². The second kappa shape index (κ2) is 46.4. The van der Waals surface area contributed by atoms with Gasteiger partial charge in [0, 0.05) is 12.8 Å². The van der Waals surface area contributed by atoms with E-state index < -0.39 is 0 Å². The quantitative estimate of drug-likeness (QED) is 0.0348. The summed E-state index contributed by atoms with van der Waals surface area (Å²) in [6, 6.07) is 0. The summed E-state index contributed by atoms with van der Waals surface area (Å²) in [6.07, 6.45) is 55.6. The van der Waals surface area contributed by atoms with Crippen molar-refractivity contribution in [3.63, 3.8) is 0 Å². The van der Waals surface area contributed by atoms with Gasteiger partial charge in [-0.25, -0.2) is 0 Å². The van der Waals surface area contributed by atoms with E-state index in [0.29, 0.717) is 26.1 Å². The standard InChI is InChI=1S/C56H102O4/c1-7-9-11-13-15-17-19-21-23-25-27-29-31-33-35-46-55(57)59-49-48-53(6)43-39-45-54(44-38-42-52(5)41-37-40-51(3)4)50-60-56(58)47-36-34-32-30-28-26-24-22-20-18-16-14-12-10-8-2/h40,42,45,48H,7-39,41,43-44,46-47,49-50H2,1-6H3/b52-42+,53-48+,54-45-. The summed E-state index contributed by atoms with van der Waals surface area (Å²) < 4.78 is 11.3. The summed E-state index contributed by atoms with van der Waals surface area (Å²) in [4.78, 5) is 25.0. The molecule has 0 unspecified atom stereocenters. The van der Waals surface area contributed by atoms with Crippen molar-refractivity contribution in [2.45, 2.75) is 286 Å². The van der Waals surface area contributed by atoms with Gasteiger partial charge in [0.15, 0.2) is 0 Å². The predicted octanol–water partition coefficient (Wildman–Crippen LogP) is 18.7. The number of rotatable bonds is 45. The molecule has 4 heteroatoms. The molecule has 0 amide bonds. The van der Waals surface area contributed by atoms with Gasteiger partial charge in [-0.2, -0.15) is 0 Å². The van der Waals surface area contributed by atoms with E-state index in [1.165, 1.54) is 189 Å². The Balaban J connectivity index is 4.34. The smallest absolute Gasteiger partial charge is 0.306 e. The van der Waals surface area contributed by atoms with Crippen molar-refractivity contribution in [3.8, 4) is 0 Å². The lowest BCUT2D eigenvalue weighted by Gasteiger charge is -2.10. The first-order valence-electron chi connectivity index (χ1n) is 26.2. The Kier molecular flexibility index (Phi) is 44.8. The van der Waals surface area contributed by atoms with Crippen LogP contribution in [0.2, 0.25) is 0 Å².